The molecule has 0 aliphatic carbocycles. The van der Waals surface area contributed by atoms with Gasteiger partial charge >= 0.3 is 0 Å². The van der Waals surface area contributed by atoms with Gasteiger partial charge in [0.2, 0.25) is 0 Å². The van der Waals surface area contributed by atoms with Crippen molar-refractivity contribution in [3.05, 3.63) is 130 Å². The maximum Gasteiger partial charge on any atom is 0.266 e. The topological polar surface area (TPSA) is 48.5 Å². The van der Waals surface area contributed by atoms with Crippen LogP contribution in [-0.4, -0.2) is 27.5 Å². The number of hydrogen-bond donors (Lipinski definition) is 1. The molecule has 0 saturated carbocycles. The fraction of sp³-hybridized carbons (Fsp3) is 0.0625. The fourth-order valence-electron chi connectivity index (χ4n) is 4.39. The second-order valence-electron chi connectivity index (χ2n) is 9.03. The zero-order valence-corrected chi connectivity index (χ0v) is 23.3. The molecular formula is C32H24ClN3OS2. The van der Waals surface area contributed by atoms with Gasteiger partial charge in [0.25, 0.3) is 5.91 Å². The number of rotatable bonds is 7. The van der Waals surface area contributed by atoms with E-state index in [-0.39, 0.29) is 5.91 Å². The van der Waals surface area contributed by atoms with Gasteiger partial charge in [0.1, 0.15) is 0 Å². The van der Waals surface area contributed by atoms with Crippen LogP contribution < -0.4 is 0 Å². The number of halogens is 1. The van der Waals surface area contributed by atoms with Crippen LogP contribution in [0.15, 0.2) is 129 Å². The second-order valence-corrected chi connectivity index (χ2v) is 11.6. The Labute approximate surface area is 240 Å². The molecule has 1 saturated heterocycles. The van der Waals surface area contributed by atoms with Crippen LogP contribution >= 0.6 is 35.1 Å². The molecule has 192 valence electrons. The number of amidine groups is 1. The summed E-state index contributed by atoms with van der Waals surface area (Å²) in [6.07, 6.45) is 4.72. The van der Waals surface area contributed by atoms with E-state index in [9.17, 15) is 4.79 Å². The van der Waals surface area contributed by atoms with Crippen molar-refractivity contribution in [3.8, 4) is 0 Å². The highest BCUT2D eigenvalue weighted by Gasteiger charge is 2.33. The molecule has 1 aromatic heterocycles. The van der Waals surface area contributed by atoms with E-state index in [2.05, 4.69) is 29.2 Å². The first-order valence-electron chi connectivity index (χ1n) is 12.6. The van der Waals surface area contributed by atoms with Crippen molar-refractivity contribution in [2.75, 3.05) is 6.54 Å². The number of para-hydroxylation sites is 2. The smallest absolute Gasteiger partial charge is 0.266 e. The third-order valence-electron chi connectivity index (χ3n) is 6.38. The normalized spacial score (nSPS) is 15.6. The Morgan fingerprint density at radius 1 is 0.872 bits per heavy atom. The molecule has 6 rings (SSSR count). The highest BCUT2D eigenvalue weighted by molar-refractivity contribution is 8.18. The number of carbonyl (C=O) groups excluding carboxylic acids is 1. The van der Waals surface area contributed by atoms with E-state index in [0.29, 0.717) is 16.6 Å². The van der Waals surface area contributed by atoms with Gasteiger partial charge in [-0.2, -0.15) is 0 Å². The third-order valence-corrected chi connectivity index (χ3v) is 8.65. The van der Waals surface area contributed by atoms with Crippen LogP contribution in [0.4, 0.5) is 5.69 Å². The summed E-state index contributed by atoms with van der Waals surface area (Å²) in [5, 5.41) is 2.61. The minimum Gasteiger partial charge on any atom is -0.361 e. The molecule has 0 bridgehead atoms. The van der Waals surface area contributed by atoms with E-state index in [1.807, 2.05) is 91.1 Å². The average Bonchev–Trinajstić information content (AvgIpc) is 3.50. The molecule has 4 aromatic carbocycles. The Balaban J connectivity index is 1.23. The number of nitrogens with one attached hydrogen (secondary N) is 1. The molecule has 1 aliphatic heterocycles. The monoisotopic (exact) mass is 565 g/mol. The van der Waals surface area contributed by atoms with Crippen molar-refractivity contribution in [2.45, 2.75) is 16.2 Å². The van der Waals surface area contributed by atoms with Crippen LogP contribution in [0.25, 0.3) is 17.0 Å². The quantitative estimate of drug-likeness (QED) is 0.201. The molecule has 5 aromatic rings. The molecule has 7 heteroatoms. The van der Waals surface area contributed by atoms with E-state index in [0.717, 1.165) is 38.0 Å². The number of benzene rings is 4. The summed E-state index contributed by atoms with van der Waals surface area (Å²) in [7, 11) is 0. The first kappa shape index (κ1) is 25.6. The van der Waals surface area contributed by atoms with Gasteiger partial charge in [-0.15, -0.1) is 0 Å². The van der Waals surface area contributed by atoms with Gasteiger partial charge in [0.05, 0.1) is 10.6 Å². The molecule has 1 fully saturated rings. The molecule has 1 N–H and O–H groups in total. The van der Waals surface area contributed by atoms with Crippen molar-refractivity contribution >= 4 is 68.9 Å². The second kappa shape index (κ2) is 11.6. The number of thioether (sulfide) groups is 1. The summed E-state index contributed by atoms with van der Waals surface area (Å²) in [6.45, 7) is 0.549. The molecule has 1 amide bonds. The Bertz CT molecular complexity index is 1680. The van der Waals surface area contributed by atoms with E-state index in [1.165, 1.54) is 22.7 Å². The molecule has 0 unspecified atom stereocenters. The standard InChI is InChI=1S/C32H24ClN3OS2/c33-24-12-16-27(17-13-24)38-26-14-10-22(11-15-26)20-30-31(37)36(32(39-30)35-25-6-2-1-3-7-25)19-18-23-21-34-29-9-5-4-8-28(23)29/h1-17,20-21,34H,18-19H2/b30-20-,35-32?. The number of aromatic nitrogens is 1. The van der Waals surface area contributed by atoms with E-state index in [1.54, 1.807) is 16.7 Å². The van der Waals surface area contributed by atoms with Gasteiger partial charge < -0.3 is 4.98 Å². The van der Waals surface area contributed by atoms with Crippen LogP contribution in [0.2, 0.25) is 5.02 Å². The van der Waals surface area contributed by atoms with Crippen LogP contribution in [0.3, 0.4) is 0 Å². The number of aromatic amines is 1. The number of fused-ring (bicyclic) bond motifs is 1. The maximum atomic E-state index is 13.6. The van der Waals surface area contributed by atoms with Gasteiger partial charge in [0, 0.05) is 38.5 Å². The summed E-state index contributed by atoms with van der Waals surface area (Å²) >= 11 is 9.11. The minimum atomic E-state index is -0.0193. The first-order valence-corrected chi connectivity index (χ1v) is 14.6. The predicted octanol–water partition coefficient (Wildman–Crippen LogP) is 8.82. The van der Waals surface area contributed by atoms with Crippen molar-refractivity contribution in [1.82, 2.24) is 9.88 Å². The molecule has 2 heterocycles. The van der Waals surface area contributed by atoms with Crippen LogP contribution in [-0.2, 0) is 11.2 Å². The van der Waals surface area contributed by atoms with E-state index in [4.69, 9.17) is 16.6 Å². The van der Waals surface area contributed by atoms with E-state index < -0.39 is 0 Å². The molecule has 39 heavy (non-hydrogen) atoms. The predicted molar refractivity (Wildman–Crippen MR) is 165 cm³/mol. The third kappa shape index (κ3) is 5.98. The summed E-state index contributed by atoms with van der Waals surface area (Å²) < 4.78 is 0. The van der Waals surface area contributed by atoms with Gasteiger partial charge in [-0.3, -0.25) is 9.69 Å². The van der Waals surface area contributed by atoms with Crippen LogP contribution in [0.1, 0.15) is 11.1 Å². The maximum absolute atomic E-state index is 13.6. The van der Waals surface area contributed by atoms with Gasteiger partial charge in [-0.25, -0.2) is 4.99 Å². The lowest BCUT2D eigenvalue weighted by molar-refractivity contribution is -0.122. The highest BCUT2D eigenvalue weighted by atomic mass is 35.5. The summed E-state index contributed by atoms with van der Waals surface area (Å²) in [4.78, 5) is 26.5. The highest BCUT2D eigenvalue weighted by Crippen LogP contribution is 2.35. The van der Waals surface area contributed by atoms with Crippen LogP contribution in [0.5, 0.6) is 0 Å². The number of H-pyrrole nitrogens is 1. The summed E-state index contributed by atoms with van der Waals surface area (Å²) in [6, 6.07) is 34.1. The lowest BCUT2D eigenvalue weighted by Crippen LogP contribution is -2.31. The van der Waals surface area contributed by atoms with Crippen LogP contribution in [0, 0.1) is 0 Å². The zero-order chi connectivity index (χ0) is 26.6. The number of nitrogens with zero attached hydrogens (tertiary/aromatic N) is 2. The minimum absolute atomic E-state index is 0.0193. The lowest BCUT2D eigenvalue weighted by Gasteiger charge is -2.15. The number of aliphatic imine (C=N–C) groups is 1. The Morgan fingerprint density at radius 3 is 2.33 bits per heavy atom. The summed E-state index contributed by atoms with van der Waals surface area (Å²) in [5.74, 6) is -0.0193. The number of carbonyl (C=O) groups is 1. The molecule has 0 atom stereocenters. The Hall–Kier alpha value is -3.71. The Kier molecular flexibility index (Phi) is 7.59. The fourth-order valence-corrected chi connectivity index (χ4v) is 6.36. The molecule has 0 radical (unpaired) electrons. The molecule has 1 aliphatic rings. The van der Waals surface area contributed by atoms with Crippen molar-refractivity contribution in [2.24, 2.45) is 4.99 Å². The lowest BCUT2D eigenvalue weighted by atomic mass is 10.1. The van der Waals surface area contributed by atoms with Gasteiger partial charge in [-0.1, -0.05) is 71.9 Å². The zero-order valence-electron chi connectivity index (χ0n) is 20.9. The van der Waals surface area contributed by atoms with Gasteiger partial charge in [0.15, 0.2) is 5.17 Å². The Morgan fingerprint density at radius 2 is 1.56 bits per heavy atom. The van der Waals surface area contributed by atoms with Crippen molar-refractivity contribution < 1.29 is 4.79 Å². The number of hydrogen-bond acceptors (Lipinski definition) is 4. The molecule has 4 nitrogen and oxygen atoms in total. The number of amides is 1. The van der Waals surface area contributed by atoms with Crippen molar-refractivity contribution in [3.63, 3.8) is 0 Å². The SMILES string of the molecule is O=C1/C(=C/c2ccc(Sc3ccc(Cl)cc3)cc2)SC(=Nc2ccccc2)N1CCc1c[nH]c2ccccc12. The van der Waals surface area contributed by atoms with E-state index >= 15 is 0 Å². The van der Waals surface area contributed by atoms with Gasteiger partial charge in [-0.05, 0) is 90.0 Å². The molecular weight excluding hydrogens is 542 g/mol. The average molecular weight is 566 g/mol. The largest absolute Gasteiger partial charge is 0.361 e. The van der Waals surface area contributed by atoms with Crippen molar-refractivity contribution in [1.29, 1.82) is 0 Å². The summed E-state index contributed by atoms with van der Waals surface area (Å²) in [5.41, 5.74) is 4.10. The first-order chi connectivity index (χ1) is 19.1. The molecule has 0 spiro atoms.